The predicted octanol–water partition coefficient (Wildman–Crippen LogP) is 2.79. The van der Waals surface area contributed by atoms with Gasteiger partial charge in [-0.15, -0.1) is 5.10 Å². The molecule has 27 heavy (non-hydrogen) atoms. The van der Waals surface area contributed by atoms with Crippen LogP contribution in [0.2, 0.25) is 0 Å². The maximum Gasteiger partial charge on any atom is 0.235 e. The number of amides is 1. The number of rotatable bonds is 6. The highest BCUT2D eigenvalue weighted by Gasteiger charge is 2.32. The standard InChI is InChI=1S/C20H27N5OS/c1-3-23-11-13-24(14-12-23)19(26)15(2)27-20-21-18(16-9-10-16)25(22-20)17-7-5-4-6-8-17/h4-8,15-16H,3,9-14H2,1-2H3/t15-/m0/s1. The predicted molar refractivity (Wildman–Crippen MR) is 107 cm³/mol. The summed E-state index contributed by atoms with van der Waals surface area (Å²) in [6, 6.07) is 10.1. The Hall–Kier alpha value is -1.86. The van der Waals surface area contributed by atoms with Crippen LogP contribution in [-0.2, 0) is 4.79 Å². The van der Waals surface area contributed by atoms with E-state index in [4.69, 9.17) is 10.1 Å². The van der Waals surface area contributed by atoms with E-state index in [2.05, 4.69) is 24.0 Å². The summed E-state index contributed by atoms with van der Waals surface area (Å²) >= 11 is 1.48. The lowest BCUT2D eigenvalue weighted by Crippen LogP contribution is -2.50. The van der Waals surface area contributed by atoms with Gasteiger partial charge in [0.15, 0.2) is 0 Å². The van der Waals surface area contributed by atoms with Crippen LogP contribution in [0.15, 0.2) is 35.5 Å². The first kappa shape index (κ1) is 18.5. The highest BCUT2D eigenvalue weighted by Crippen LogP contribution is 2.40. The van der Waals surface area contributed by atoms with Gasteiger partial charge in [0.05, 0.1) is 10.9 Å². The van der Waals surface area contributed by atoms with Gasteiger partial charge in [-0.3, -0.25) is 4.79 Å². The van der Waals surface area contributed by atoms with E-state index in [0.29, 0.717) is 11.1 Å². The molecule has 7 heteroatoms. The van der Waals surface area contributed by atoms with Crippen molar-refractivity contribution in [1.29, 1.82) is 0 Å². The van der Waals surface area contributed by atoms with Gasteiger partial charge < -0.3 is 9.80 Å². The van der Waals surface area contributed by atoms with Crippen molar-refractivity contribution in [3.8, 4) is 5.69 Å². The Morgan fingerprint density at radius 1 is 1.19 bits per heavy atom. The van der Waals surface area contributed by atoms with Crippen LogP contribution >= 0.6 is 11.8 Å². The van der Waals surface area contributed by atoms with Gasteiger partial charge in [-0.1, -0.05) is 36.9 Å². The smallest absolute Gasteiger partial charge is 0.235 e. The number of carbonyl (C=O) groups is 1. The number of para-hydroxylation sites is 1. The van der Waals surface area contributed by atoms with Crippen molar-refractivity contribution in [2.75, 3.05) is 32.7 Å². The summed E-state index contributed by atoms with van der Waals surface area (Å²) in [5.41, 5.74) is 1.04. The normalized spacial score (nSPS) is 19.3. The average Bonchev–Trinajstić information content (AvgIpc) is 3.48. The monoisotopic (exact) mass is 385 g/mol. The van der Waals surface area contributed by atoms with E-state index in [0.717, 1.165) is 44.2 Å². The second-order valence-electron chi connectivity index (χ2n) is 7.29. The SMILES string of the molecule is CCN1CCN(C(=O)[C@H](C)Sc2nc(C3CC3)n(-c3ccccc3)n2)CC1. The summed E-state index contributed by atoms with van der Waals surface area (Å²) in [4.78, 5) is 22.0. The number of benzene rings is 1. The minimum Gasteiger partial charge on any atom is -0.339 e. The fourth-order valence-corrected chi connectivity index (χ4v) is 4.31. The maximum absolute atomic E-state index is 12.8. The highest BCUT2D eigenvalue weighted by atomic mass is 32.2. The van der Waals surface area contributed by atoms with Crippen LogP contribution in [0.1, 0.15) is 38.4 Å². The fraction of sp³-hybridized carbons (Fsp3) is 0.550. The molecule has 2 aliphatic rings. The van der Waals surface area contributed by atoms with Gasteiger partial charge in [0.1, 0.15) is 5.82 Å². The topological polar surface area (TPSA) is 54.3 Å². The number of nitrogens with zero attached hydrogens (tertiary/aromatic N) is 5. The highest BCUT2D eigenvalue weighted by molar-refractivity contribution is 8.00. The molecule has 1 atom stereocenters. The average molecular weight is 386 g/mol. The number of piperazine rings is 1. The zero-order valence-electron chi connectivity index (χ0n) is 16.0. The Morgan fingerprint density at radius 2 is 1.89 bits per heavy atom. The van der Waals surface area contributed by atoms with Crippen LogP contribution in [-0.4, -0.2) is 68.4 Å². The number of thioether (sulfide) groups is 1. The zero-order valence-corrected chi connectivity index (χ0v) is 16.9. The van der Waals surface area contributed by atoms with E-state index in [9.17, 15) is 4.79 Å². The van der Waals surface area contributed by atoms with Crippen LogP contribution in [0.3, 0.4) is 0 Å². The van der Waals surface area contributed by atoms with Crippen molar-refractivity contribution in [2.45, 2.75) is 43.0 Å². The molecule has 1 aliphatic carbocycles. The lowest BCUT2D eigenvalue weighted by atomic mass is 10.3. The van der Waals surface area contributed by atoms with E-state index in [1.54, 1.807) is 0 Å². The Balaban J connectivity index is 1.45. The fourth-order valence-electron chi connectivity index (χ4n) is 3.47. The Morgan fingerprint density at radius 3 is 2.52 bits per heavy atom. The van der Waals surface area contributed by atoms with Crippen LogP contribution in [0.25, 0.3) is 5.69 Å². The molecule has 4 rings (SSSR count). The third-order valence-electron chi connectivity index (χ3n) is 5.32. The first-order chi connectivity index (χ1) is 13.2. The number of likely N-dealkylation sites (N-methyl/N-ethyl adjacent to an activating group) is 1. The van der Waals surface area contributed by atoms with Gasteiger partial charge in [-0.2, -0.15) is 0 Å². The molecule has 0 unspecified atom stereocenters. The van der Waals surface area contributed by atoms with Gasteiger partial charge in [-0.05, 0) is 38.4 Å². The van der Waals surface area contributed by atoms with E-state index in [-0.39, 0.29) is 11.2 Å². The molecule has 0 bridgehead atoms. The van der Waals surface area contributed by atoms with Crippen molar-refractivity contribution in [1.82, 2.24) is 24.6 Å². The van der Waals surface area contributed by atoms with E-state index < -0.39 is 0 Å². The molecule has 2 fully saturated rings. The van der Waals surface area contributed by atoms with Crippen LogP contribution in [0.5, 0.6) is 0 Å². The second kappa shape index (κ2) is 8.02. The molecule has 1 aromatic carbocycles. The van der Waals surface area contributed by atoms with Gasteiger partial charge in [-0.25, -0.2) is 9.67 Å². The molecule has 0 spiro atoms. The maximum atomic E-state index is 12.8. The summed E-state index contributed by atoms with van der Waals surface area (Å²) in [5.74, 6) is 1.72. The van der Waals surface area contributed by atoms with Crippen LogP contribution < -0.4 is 0 Å². The van der Waals surface area contributed by atoms with Gasteiger partial charge in [0, 0.05) is 32.1 Å². The minimum absolute atomic E-state index is 0.170. The van der Waals surface area contributed by atoms with Crippen molar-refractivity contribution in [2.24, 2.45) is 0 Å². The van der Waals surface area contributed by atoms with Crippen LogP contribution in [0.4, 0.5) is 0 Å². The molecule has 1 amide bonds. The van der Waals surface area contributed by atoms with E-state index in [1.165, 1.54) is 24.6 Å². The molecule has 0 N–H and O–H groups in total. The van der Waals surface area contributed by atoms with Gasteiger partial charge in [0.25, 0.3) is 0 Å². The number of hydrogen-bond donors (Lipinski definition) is 0. The molecule has 0 radical (unpaired) electrons. The van der Waals surface area contributed by atoms with Gasteiger partial charge in [0.2, 0.25) is 11.1 Å². The molecule has 144 valence electrons. The van der Waals surface area contributed by atoms with Crippen molar-refractivity contribution in [3.63, 3.8) is 0 Å². The lowest BCUT2D eigenvalue weighted by Gasteiger charge is -2.35. The summed E-state index contributed by atoms with van der Waals surface area (Å²) in [5, 5.41) is 5.26. The first-order valence-electron chi connectivity index (χ1n) is 9.86. The van der Waals surface area contributed by atoms with E-state index in [1.807, 2.05) is 34.7 Å². The third kappa shape index (κ3) is 4.19. The van der Waals surface area contributed by atoms with Crippen molar-refractivity contribution >= 4 is 17.7 Å². The van der Waals surface area contributed by atoms with E-state index >= 15 is 0 Å². The van der Waals surface area contributed by atoms with Crippen molar-refractivity contribution in [3.05, 3.63) is 36.2 Å². The number of aromatic nitrogens is 3. The molecule has 2 aromatic rings. The molecule has 1 aliphatic heterocycles. The largest absolute Gasteiger partial charge is 0.339 e. The number of hydrogen-bond acceptors (Lipinski definition) is 5. The van der Waals surface area contributed by atoms with Crippen molar-refractivity contribution < 1.29 is 4.79 Å². The summed E-state index contributed by atoms with van der Waals surface area (Å²) in [6.45, 7) is 8.75. The molecule has 1 aromatic heterocycles. The lowest BCUT2D eigenvalue weighted by molar-refractivity contribution is -0.132. The molecular weight excluding hydrogens is 358 g/mol. The molecule has 6 nitrogen and oxygen atoms in total. The Kier molecular flexibility index (Phi) is 5.50. The molecular formula is C20H27N5OS. The quantitative estimate of drug-likeness (QED) is 0.716. The summed E-state index contributed by atoms with van der Waals surface area (Å²) in [7, 11) is 0. The minimum atomic E-state index is -0.170. The molecule has 1 saturated carbocycles. The zero-order chi connectivity index (χ0) is 18.8. The summed E-state index contributed by atoms with van der Waals surface area (Å²) < 4.78 is 1.96. The van der Waals surface area contributed by atoms with Gasteiger partial charge >= 0.3 is 0 Å². The molecule has 1 saturated heterocycles. The molecule has 2 heterocycles. The number of carbonyl (C=O) groups excluding carboxylic acids is 1. The third-order valence-corrected chi connectivity index (χ3v) is 6.26. The Labute approximate surface area is 164 Å². The van der Waals surface area contributed by atoms with Crippen LogP contribution in [0, 0.1) is 0 Å². The summed E-state index contributed by atoms with van der Waals surface area (Å²) in [6.07, 6.45) is 2.34. The Bertz CT molecular complexity index is 781. The first-order valence-corrected chi connectivity index (χ1v) is 10.7. The second-order valence-corrected chi connectivity index (χ2v) is 8.60.